The number of aryl methyl sites for hydroxylation is 2. The molecule has 3 rings (SSSR count). The Morgan fingerprint density at radius 2 is 2.00 bits per heavy atom. The minimum atomic E-state index is 0.164. The summed E-state index contributed by atoms with van der Waals surface area (Å²) in [7, 11) is 0. The molecule has 0 spiro atoms. The van der Waals surface area contributed by atoms with E-state index in [0.717, 1.165) is 36.2 Å². The highest BCUT2D eigenvalue weighted by atomic mass is 16.2. The molecule has 0 unspecified atom stereocenters. The maximum Gasteiger partial charge on any atom is 0.255 e. The molecule has 3 nitrogen and oxygen atoms in total. The average molecular weight is 286 g/mol. The molecule has 1 aromatic heterocycles. The molecule has 0 radical (unpaired) electrons. The van der Waals surface area contributed by atoms with E-state index in [4.69, 9.17) is 0 Å². The Bertz CT molecular complexity index is 593. The van der Waals surface area contributed by atoms with Crippen molar-refractivity contribution in [1.29, 1.82) is 0 Å². The summed E-state index contributed by atoms with van der Waals surface area (Å²) < 4.78 is 0. The molecule has 1 saturated heterocycles. The molecule has 0 aromatic carbocycles. The van der Waals surface area contributed by atoms with Gasteiger partial charge in [0.05, 0.1) is 5.56 Å². The molecule has 2 bridgehead atoms. The van der Waals surface area contributed by atoms with Crippen LogP contribution in [-0.2, 0) is 0 Å². The average Bonchev–Trinajstić information content (AvgIpc) is 2.61. The van der Waals surface area contributed by atoms with Gasteiger partial charge >= 0.3 is 0 Å². The highest BCUT2D eigenvalue weighted by Crippen LogP contribution is 2.52. The lowest BCUT2D eigenvalue weighted by Gasteiger charge is -2.39. The van der Waals surface area contributed by atoms with Gasteiger partial charge < -0.3 is 4.90 Å². The third kappa shape index (κ3) is 2.58. The number of hydrogen-bond donors (Lipinski definition) is 0. The van der Waals surface area contributed by atoms with Crippen LogP contribution in [0.1, 0.15) is 61.6 Å². The Kier molecular flexibility index (Phi) is 3.16. The van der Waals surface area contributed by atoms with Crippen molar-refractivity contribution in [3.8, 4) is 0 Å². The molecular formula is C18H26N2O. The Morgan fingerprint density at radius 3 is 2.67 bits per heavy atom. The molecule has 1 aromatic rings. The van der Waals surface area contributed by atoms with E-state index in [0.29, 0.717) is 11.5 Å². The number of nitrogens with zero attached hydrogens (tertiary/aromatic N) is 2. The van der Waals surface area contributed by atoms with Gasteiger partial charge in [-0.15, -0.1) is 0 Å². The van der Waals surface area contributed by atoms with Crippen molar-refractivity contribution in [1.82, 2.24) is 9.88 Å². The number of fused-ring (bicyclic) bond motifs is 2. The summed E-state index contributed by atoms with van der Waals surface area (Å²) in [5, 5.41) is 0. The molecule has 2 atom stereocenters. The molecular weight excluding hydrogens is 260 g/mol. The summed E-state index contributed by atoms with van der Waals surface area (Å²) in [6.07, 6.45) is 5.22. The number of carbonyl (C=O) groups is 1. The second-order valence-corrected chi connectivity index (χ2v) is 8.27. The lowest BCUT2D eigenvalue weighted by atomic mass is 9.65. The van der Waals surface area contributed by atoms with E-state index >= 15 is 0 Å². The number of aromatic nitrogens is 1. The van der Waals surface area contributed by atoms with Gasteiger partial charge in [-0.25, -0.2) is 0 Å². The molecule has 2 aliphatic rings. The summed E-state index contributed by atoms with van der Waals surface area (Å²) >= 11 is 0. The first-order chi connectivity index (χ1) is 9.69. The van der Waals surface area contributed by atoms with Gasteiger partial charge in [0.1, 0.15) is 0 Å². The van der Waals surface area contributed by atoms with E-state index in [1.807, 2.05) is 19.9 Å². The smallest absolute Gasteiger partial charge is 0.255 e. The zero-order valence-electron chi connectivity index (χ0n) is 13.9. The molecule has 114 valence electrons. The summed E-state index contributed by atoms with van der Waals surface area (Å²) in [6, 6.07) is 2.38. The van der Waals surface area contributed by atoms with E-state index in [-0.39, 0.29) is 11.3 Å². The van der Waals surface area contributed by atoms with Gasteiger partial charge in [0.2, 0.25) is 0 Å². The monoisotopic (exact) mass is 286 g/mol. The second-order valence-electron chi connectivity index (χ2n) is 8.27. The van der Waals surface area contributed by atoms with Gasteiger partial charge in [0.25, 0.3) is 5.91 Å². The number of pyridine rings is 1. The van der Waals surface area contributed by atoms with Crippen molar-refractivity contribution >= 4 is 5.91 Å². The molecule has 1 saturated carbocycles. The zero-order valence-corrected chi connectivity index (χ0v) is 13.9. The summed E-state index contributed by atoms with van der Waals surface area (Å²) in [4.78, 5) is 19.4. The third-order valence-corrected chi connectivity index (χ3v) is 5.26. The Morgan fingerprint density at radius 1 is 1.29 bits per heavy atom. The van der Waals surface area contributed by atoms with Crippen LogP contribution < -0.4 is 0 Å². The highest BCUT2D eigenvalue weighted by molar-refractivity contribution is 5.94. The van der Waals surface area contributed by atoms with Crippen LogP contribution >= 0.6 is 0 Å². The summed E-state index contributed by atoms with van der Waals surface area (Å²) in [6.45, 7) is 11.9. The van der Waals surface area contributed by atoms with Crippen molar-refractivity contribution in [3.63, 3.8) is 0 Å². The van der Waals surface area contributed by atoms with Gasteiger partial charge in [-0.1, -0.05) is 20.8 Å². The number of likely N-dealkylation sites (tertiary alicyclic amines) is 1. The van der Waals surface area contributed by atoms with Crippen LogP contribution in [0.4, 0.5) is 0 Å². The third-order valence-electron chi connectivity index (χ3n) is 5.26. The van der Waals surface area contributed by atoms with Crippen LogP contribution in [0, 0.1) is 24.7 Å². The highest BCUT2D eigenvalue weighted by Gasteiger charge is 2.51. The van der Waals surface area contributed by atoms with E-state index in [2.05, 4.69) is 30.7 Å². The topological polar surface area (TPSA) is 33.2 Å². The van der Waals surface area contributed by atoms with Crippen LogP contribution in [0.3, 0.4) is 0 Å². The molecule has 2 fully saturated rings. The molecule has 1 aliphatic heterocycles. The Hall–Kier alpha value is -1.38. The standard InChI is InChI=1S/C18H26N2O/c1-12-6-14(9-19-13(12)2)16(21)20-11-18(5)8-15(20)7-17(3,4)10-18/h6,9,15H,7-8,10-11H2,1-5H3/t15-,18-/m1/s1. The first kappa shape index (κ1) is 14.6. The fourth-order valence-corrected chi connectivity index (χ4v) is 4.62. The quantitative estimate of drug-likeness (QED) is 0.788. The first-order valence-electron chi connectivity index (χ1n) is 7.93. The van der Waals surface area contributed by atoms with E-state index < -0.39 is 0 Å². The minimum Gasteiger partial charge on any atom is -0.335 e. The summed E-state index contributed by atoms with van der Waals surface area (Å²) in [5.41, 5.74) is 3.46. The van der Waals surface area contributed by atoms with Crippen LogP contribution in [0.25, 0.3) is 0 Å². The molecule has 2 heterocycles. The molecule has 3 heteroatoms. The predicted molar refractivity (Wildman–Crippen MR) is 84.3 cm³/mol. The van der Waals surface area contributed by atoms with Gasteiger partial charge in [0, 0.05) is 24.5 Å². The maximum absolute atomic E-state index is 12.9. The molecule has 1 amide bonds. The van der Waals surface area contributed by atoms with Gasteiger partial charge in [-0.3, -0.25) is 9.78 Å². The van der Waals surface area contributed by atoms with Gasteiger partial charge in [-0.2, -0.15) is 0 Å². The number of hydrogen-bond acceptors (Lipinski definition) is 2. The van der Waals surface area contributed by atoms with Crippen molar-refractivity contribution in [2.45, 2.75) is 59.9 Å². The van der Waals surface area contributed by atoms with Crippen molar-refractivity contribution in [3.05, 3.63) is 29.1 Å². The van der Waals surface area contributed by atoms with Crippen molar-refractivity contribution in [2.24, 2.45) is 10.8 Å². The van der Waals surface area contributed by atoms with E-state index in [1.54, 1.807) is 6.20 Å². The second kappa shape index (κ2) is 4.56. The fraction of sp³-hybridized carbons (Fsp3) is 0.667. The Labute approximate surface area is 127 Å². The van der Waals surface area contributed by atoms with E-state index in [9.17, 15) is 4.79 Å². The normalized spacial score (nSPS) is 30.5. The van der Waals surface area contributed by atoms with Gasteiger partial charge in [-0.05, 0) is 55.6 Å². The SMILES string of the molecule is Cc1cc(C(=O)N2C[C@]3(C)C[C@H]2CC(C)(C)C3)cnc1C. The number of carbonyl (C=O) groups excluding carboxylic acids is 1. The largest absolute Gasteiger partial charge is 0.335 e. The maximum atomic E-state index is 12.9. The van der Waals surface area contributed by atoms with Crippen LogP contribution in [0.15, 0.2) is 12.3 Å². The van der Waals surface area contributed by atoms with Crippen LogP contribution in [0.5, 0.6) is 0 Å². The Balaban J connectivity index is 1.87. The predicted octanol–water partition coefficient (Wildman–Crippen LogP) is 3.74. The fourth-order valence-electron chi connectivity index (χ4n) is 4.62. The number of rotatable bonds is 1. The van der Waals surface area contributed by atoms with Crippen molar-refractivity contribution < 1.29 is 4.79 Å². The van der Waals surface area contributed by atoms with Gasteiger partial charge in [0.15, 0.2) is 0 Å². The molecule has 0 N–H and O–H groups in total. The van der Waals surface area contributed by atoms with Crippen LogP contribution in [-0.4, -0.2) is 28.4 Å². The summed E-state index contributed by atoms with van der Waals surface area (Å²) in [5.74, 6) is 0.164. The lowest BCUT2D eigenvalue weighted by Crippen LogP contribution is -2.37. The minimum absolute atomic E-state index is 0.164. The van der Waals surface area contributed by atoms with Crippen molar-refractivity contribution in [2.75, 3.05) is 6.54 Å². The van der Waals surface area contributed by atoms with E-state index in [1.165, 1.54) is 6.42 Å². The van der Waals surface area contributed by atoms with Crippen LogP contribution in [0.2, 0.25) is 0 Å². The number of amides is 1. The molecule has 21 heavy (non-hydrogen) atoms. The zero-order chi connectivity index (χ0) is 15.4. The lowest BCUT2D eigenvalue weighted by molar-refractivity contribution is 0.0707. The first-order valence-corrected chi connectivity index (χ1v) is 7.93. The molecule has 1 aliphatic carbocycles.